The Hall–Kier alpha value is -0.790. The summed E-state index contributed by atoms with van der Waals surface area (Å²) in [5.74, 6) is 1.97. The summed E-state index contributed by atoms with van der Waals surface area (Å²) in [5, 5.41) is 23.6. The number of fused-ring (bicyclic) bond motifs is 5. The number of aliphatic carboxylic acids is 1. The van der Waals surface area contributed by atoms with Gasteiger partial charge in [-0.1, -0.05) is 46.5 Å². The molecule has 230 valence electrons. The van der Waals surface area contributed by atoms with Gasteiger partial charge >= 0.3 is 5.97 Å². The molecule has 9 atom stereocenters. The van der Waals surface area contributed by atoms with Crippen molar-refractivity contribution in [3.05, 3.63) is 0 Å². The van der Waals surface area contributed by atoms with Gasteiger partial charge in [0.1, 0.15) is 0 Å². The van der Waals surface area contributed by atoms with Crippen molar-refractivity contribution in [2.45, 2.75) is 140 Å². The molecule has 0 aromatic rings. The normalized spacial score (nSPS) is 39.5. The van der Waals surface area contributed by atoms with Gasteiger partial charge in [-0.05, 0) is 106 Å². The van der Waals surface area contributed by atoms with E-state index in [0.717, 1.165) is 71.0 Å². The highest BCUT2D eigenvalue weighted by Gasteiger charge is 2.60. The summed E-state index contributed by atoms with van der Waals surface area (Å²) in [6.45, 7) is 9.32. The van der Waals surface area contributed by atoms with Crippen LogP contribution in [-0.4, -0.2) is 63.5 Å². The molecule has 0 radical (unpaired) electrons. The van der Waals surface area contributed by atoms with Gasteiger partial charge in [0, 0.05) is 30.3 Å². The number of hydrogen-bond donors (Lipinski definition) is 4. The Kier molecular flexibility index (Phi) is 11.3. The molecule has 4 saturated carbocycles. The molecule has 7 unspecified atom stereocenters. The second kappa shape index (κ2) is 14.1. The standard InChI is InChI=1S/C25H42N2O2S.C8H16O2/c1-24-10-7-18(26-12-4-14-27-13-3-6-22(27)29)15-17(24)16-21(28)23-19(24)8-11-25(30)9-2-5-20(23)25;1-3-4-5-6-7(2)8(9)10/h17-21,23,26,28,30H,2-16H2,1H3;7H,3-6H2,1-2H3,(H,9,10)/t17?,18?,19?,20?,21-,23?,24?,25?;7-/m11/s1. The fourth-order valence-electron chi connectivity index (χ4n) is 9.38. The van der Waals surface area contributed by atoms with Gasteiger partial charge < -0.3 is 20.4 Å². The first-order valence-electron chi connectivity index (χ1n) is 16.7. The Bertz CT molecular complexity index is 856. The lowest BCUT2D eigenvalue weighted by atomic mass is 9.46. The number of aliphatic hydroxyl groups excluding tert-OH is 1. The number of aliphatic hydroxyl groups is 1. The van der Waals surface area contributed by atoms with E-state index in [2.05, 4.69) is 19.2 Å². The SMILES string of the molecule is CC12CCC(NCCCN3CCCC3=O)CC1C[C@@H](O)C1C3CCCC3(S)CCC12.CCCCC[C@@H](C)C(=O)O. The highest BCUT2D eigenvalue weighted by atomic mass is 32.1. The van der Waals surface area contributed by atoms with Gasteiger partial charge in [0.05, 0.1) is 12.0 Å². The average Bonchev–Trinajstić information content (AvgIpc) is 3.52. The Morgan fingerprint density at radius 2 is 1.90 bits per heavy atom. The van der Waals surface area contributed by atoms with Gasteiger partial charge in [0.2, 0.25) is 5.91 Å². The highest BCUT2D eigenvalue weighted by molar-refractivity contribution is 7.81. The van der Waals surface area contributed by atoms with Crippen molar-refractivity contribution in [1.82, 2.24) is 10.2 Å². The number of likely N-dealkylation sites (tertiary alicyclic amines) is 1. The molecule has 1 aliphatic heterocycles. The number of carbonyl (C=O) groups excluding carboxylic acids is 1. The number of nitrogens with zero attached hydrogens (tertiary/aromatic N) is 1. The Morgan fingerprint density at radius 1 is 1.10 bits per heavy atom. The van der Waals surface area contributed by atoms with Gasteiger partial charge in [-0.25, -0.2) is 0 Å². The fourth-order valence-corrected chi connectivity index (χ4v) is 9.96. The molecular formula is C33H58N2O4S. The largest absolute Gasteiger partial charge is 0.481 e. The quantitative estimate of drug-likeness (QED) is 0.180. The van der Waals surface area contributed by atoms with Crippen molar-refractivity contribution in [2.75, 3.05) is 19.6 Å². The number of hydrogen-bond acceptors (Lipinski definition) is 5. The average molecular weight is 579 g/mol. The van der Waals surface area contributed by atoms with E-state index >= 15 is 0 Å². The topological polar surface area (TPSA) is 89.9 Å². The second-order valence-electron chi connectivity index (χ2n) is 14.3. The van der Waals surface area contributed by atoms with E-state index in [4.69, 9.17) is 17.7 Å². The van der Waals surface area contributed by atoms with Gasteiger partial charge in [0.25, 0.3) is 0 Å². The van der Waals surface area contributed by atoms with Crippen LogP contribution in [-0.2, 0) is 9.59 Å². The zero-order chi connectivity index (χ0) is 28.9. The molecule has 1 saturated heterocycles. The minimum Gasteiger partial charge on any atom is -0.481 e. The third-order valence-electron chi connectivity index (χ3n) is 11.9. The van der Waals surface area contributed by atoms with Gasteiger partial charge in [-0.15, -0.1) is 0 Å². The van der Waals surface area contributed by atoms with Crippen LogP contribution in [0.2, 0.25) is 0 Å². The maximum absolute atomic E-state index is 11.8. The Morgan fingerprint density at radius 3 is 2.60 bits per heavy atom. The molecule has 0 bridgehead atoms. The molecule has 7 heteroatoms. The molecule has 5 aliphatic rings. The zero-order valence-corrected chi connectivity index (χ0v) is 26.5. The van der Waals surface area contributed by atoms with Crippen LogP contribution < -0.4 is 5.32 Å². The molecule has 0 spiro atoms. The summed E-state index contributed by atoms with van der Waals surface area (Å²) in [4.78, 5) is 24.1. The molecule has 5 fully saturated rings. The van der Waals surface area contributed by atoms with E-state index in [-0.39, 0.29) is 16.8 Å². The summed E-state index contributed by atoms with van der Waals surface area (Å²) >= 11 is 5.16. The summed E-state index contributed by atoms with van der Waals surface area (Å²) in [6.07, 6.45) is 18.1. The van der Waals surface area contributed by atoms with E-state index in [1.165, 1.54) is 51.4 Å². The lowest BCUT2D eigenvalue weighted by molar-refractivity contribution is -0.142. The number of amides is 1. The minimum atomic E-state index is -0.670. The number of carboxylic acids is 1. The van der Waals surface area contributed by atoms with Gasteiger partial charge in [-0.2, -0.15) is 12.6 Å². The van der Waals surface area contributed by atoms with Crippen molar-refractivity contribution in [3.63, 3.8) is 0 Å². The first kappa shape index (κ1) is 32.1. The molecule has 1 heterocycles. The van der Waals surface area contributed by atoms with E-state index in [9.17, 15) is 14.7 Å². The zero-order valence-electron chi connectivity index (χ0n) is 25.6. The van der Waals surface area contributed by atoms with E-state index in [0.29, 0.717) is 41.0 Å². The smallest absolute Gasteiger partial charge is 0.306 e. The second-order valence-corrected chi connectivity index (χ2v) is 15.2. The first-order chi connectivity index (χ1) is 19.1. The maximum Gasteiger partial charge on any atom is 0.306 e. The molecule has 40 heavy (non-hydrogen) atoms. The van der Waals surface area contributed by atoms with Crippen molar-refractivity contribution >= 4 is 24.5 Å². The van der Waals surface area contributed by atoms with Crippen molar-refractivity contribution in [3.8, 4) is 0 Å². The Balaban J connectivity index is 0.000000318. The van der Waals surface area contributed by atoms with Crippen LogP contribution in [0.1, 0.15) is 124 Å². The van der Waals surface area contributed by atoms with Crippen LogP contribution in [0, 0.1) is 35.0 Å². The molecule has 5 rings (SSSR count). The summed E-state index contributed by atoms with van der Waals surface area (Å²) in [6, 6.07) is 0.583. The third kappa shape index (κ3) is 7.22. The third-order valence-corrected chi connectivity index (χ3v) is 12.6. The number of unbranched alkanes of at least 4 members (excludes halogenated alkanes) is 2. The number of thiol groups is 1. The predicted molar refractivity (Wildman–Crippen MR) is 165 cm³/mol. The first-order valence-corrected chi connectivity index (χ1v) is 17.2. The number of carboxylic acid groups (broad SMARTS) is 1. The van der Waals surface area contributed by atoms with Crippen LogP contribution in [0.15, 0.2) is 0 Å². The monoisotopic (exact) mass is 578 g/mol. The lowest BCUT2D eigenvalue weighted by Gasteiger charge is -2.61. The summed E-state index contributed by atoms with van der Waals surface area (Å²) in [5.41, 5.74) is 0.405. The molecule has 3 N–H and O–H groups in total. The number of carbonyl (C=O) groups is 2. The van der Waals surface area contributed by atoms with Crippen molar-refractivity contribution in [2.24, 2.45) is 35.0 Å². The molecule has 0 aromatic carbocycles. The highest BCUT2D eigenvalue weighted by Crippen LogP contribution is 2.65. The molecule has 1 amide bonds. The van der Waals surface area contributed by atoms with Crippen molar-refractivity contribution < 1.29 is 19.8 Å². The lowest BCUT2D eigenvalue weighted by Crippen LogP contribution is -2.59. The number of rotatable bonds is 10. The molecule has 4 aliphatic carbocycles. The van der Waals surface area contributed by atoms with Crippen LogP contribution >= 0.6 is 12.6 Å². The predicted octanol–water partition coefficient (Wildman–Crippen LogP) is 6.31. The van der Waals surface area contributed by atoms with Crippen molar-refractivity contribution in [1.29, 1.82) is 0 Å². The van der Waals surface area contributed by atoms with E-state index in [1.54, 1.807) is 6.92 Å². The molecule has 0 aromatic heterocycles. The summed E-state index contributed by atoms with van der Waals surface area (Å²) < 4.78 is 0.209. The van der Waals surface area contributed by atoms with Gasteiger partial charge in [0.15, 0.2) is 0 Å². The number of nitrogens with one attached hydrogen (secondary N) is 1. The maximum atomic E-state index is 11.8. The molecular weight excluding hydrogens is 520 g/mol. The van der Waals surface area contributed by atoms with Gasteiger partial charge in [-0.3, -0.25) is 9.59 Å². The van der Waals surface area contributed by atoms with Crippen LogP contribution in [0.5, 0.6) is 0 Å². The summed E-state index contributed by atoms with van der Waals surface area (Å²) in [7, 11) is 0. The van der Waals surface area contributed by atoms with E-state index < -0.39 is 5.97 Å². The molecule has 6 nitrogen and oxygen atoms in total. The minimum absolute atomic E-state index is 0.122. The van der Waals surface area contributed by atoms with Crippen LogP contribution in [0.4, 0.5) is 0 Å². The fraction of sp³-hybridized carbons (Fsp3) is 0.939. The van der Waals surface area contributed by atoms with E-state index in [1.807, 2.05) is 4.90 Å². The van der Waals surface area contributed by atoms with Crippen LogP contribution in [0.25, 0.3) is 0 Å². The Labute approximate surface area is 249 Å². The van der Waals surface area contributed by atoms with Crippen LogP contribution in [0.3, 0.4) is 0 Å².